The lowest BCUT2D eigenvalue weighted by Crippen LogP contribution is -1.97. The monoisotopic (exact) mass is 168 g/mol. The maximum atomic E-state index is 10.0. The first-order chi connectivity index (χ1) is 4.86. The van der Waals surface area contributed by atoms with Crippen LogP contribution in [-0.2, 0) is 9.59 Å². The van der Waals surface area contributed by atoms with Crippen LogP contribution in [0.2, 0.25) is 0 Å². The SMILES string of the molecule is CC(=O)CC(C)=O.FB(F)F. The molecule has 0 saturated heterocycles. The highest BCUT2D eigenvalue weighted by Gasteiger charge is 2.06. The Labute approximate surface area is 63.0 Å². The Morgan fingerprint density at radius 3 is 1.27 bits per heavy atom. The molecule has 0 aromatic rings. The first-order valence-electron chi connectivity index (χ1n) is 2.77. The van der Waals surface area contributed by atoms with Crippen molar-refractivity contribution in [3.63, 3.8) is 0 Å². The van der Waals surface area contributed by atoms with E-state index in [4.69, 9.17) is 0 Å². The fraction of sp³-hybridized carbons (Fsp3) is 0.600. The summed E-state index contributed by atoms with van der Waals surface area (Å²) in [6.07, 6.45) is 0.0833. The number of carbonyl (C=O) groups is 2. The molecule has 64 valence electrons. The summed E-state index contributed by atoms with van der Waals surface area (Å²) < 4.78 is 29.0. The lowest BCUT2D eigenvalue weighted by atomic mass is 10.2. The van der Waals surface area contributed by atoms with E-state index >= 15 is 0 Å². The van der Waals surface area contributed by atoms with E-state index in [9.17, 15) is 22.5 Å². The van der Waals surface area contributed by atoms with Gasteiger partial charge in [-0.25, -0.2) is 0 Å². The van der Waals surface area contributed by atoms with Gasteiger partial charge in [0.25, 0.3) is 0 Å². The fourth-order valence-electron chi connectivity index (χ4n) is 0.351. The maximum Gasteiger partial charge on any atom is 0.762 e. The molecule has 0 rings (SSSR count). The Morgan fingerprint density at radius 2 is 1.27 bits per heavy atom. The van der Waals surface area contributed by atoms with Crippen LogP contribution in [0.1, 0.15) is 20.3 Å². The molecule has 6 heteroatoms. The molecule has 0 atom stereocenters. The molecular weight excluding hydrogens is 160 g/mol. The van der Waals surface area contributed by atoms with Crippen LogP contribution in [0, 0.1) is 0 Å². The zero-order valence-electron chi connectivity index (χ0n) is 6.23. The lowest BCUT2D eigenvalue weighted by molar-refractivity contribution is -0.124. The van der Waals surface area contributed by atoms with Gasteiger partial charge < -0.3 is 0 Å². The van der Waals surface area contributed by atoms with Gasteiger partial charge in [-0.2, -0.15) is 0 Å². The molecule has 0 bridgehead atoms. The summed E-state index contributed by atoms with van der Waals surface area (Å²) in [7, 11) is -3.67. The predicted octanol–water partition coefficient (Wildman–Crippen LogP) is 1.43. The topological polar surface area (TPSA) is 34.1 Å². The lowest BCUT2D eigenvalue weighted by Gasteiger charge is -1.81. The summed E-state index contributed by atoms with van der Waals surface area (Å²) in [5, 5.41) is 0. The molecule has 0 aromatic heterocycles. The van der Waals surface area contributed by atoms with Gasteiger partial charge in [0.1, 0.15) is 11.6 Å². The third-order valence-corrected chi connectivity index (χ3v) is 0.498. The molecule has 0 saturated carbocycles. The van der Waals surface area contributed by atoms with Gasteiger partial charge in [0.15, 0.2) is 0 Å². The number of Topliss-reactive ketones (excluding diaryl/α,β-unsaturated/α-hetero) is 2. The van der Waals surface area contributed by atoms with E-state index in [1.54, 1.807) is 0 Å². The Bertz CT molecular complexity index is 123. The standard InChI is InChI=1S/C5H8O2.BF3/c1-4(6)3-5(2)7;2-1(3)4/h3H2,1-2H3;. The molecule has 0 aliphatic heterocycles. The van der Waals surface area contributed by atoms with Gasteiger partial charge in [-0.15, -0.1) is 0 Å². The molecule has 0 fully saturated rings. The van der Waals surface area contributed by atoms with Crippen molar-refractivity contribution in [2.45, 2.75) is 20.3 Å². The Balaban J connectivity index is 0. The second kappa shape index (κ2) is 7.30. The zero-order chi connectivity index (χ0) is 9.44. The van der Waals surface area contributed by atoms with Crippen LogP contribution in [-0.4, -0.2) is 19.1 Å². The summed E-state index contributed by atoms with van der Waals surface area (Å²) in [5.74, 6) is -0.125. The van der Waals surface area contributed by atoms with Crippen LogP contribution in [0.15, 0.2) is 0 Å². The summed E-state index contributed by atoms with van der Waals surface area (Å²) in [4.78, 5) is 20.1. The van der Waals surface area contributed by atoms with Crippen LogP contribution in [0.5, 0.6) is 0 Å². The van der Waals surface area contributed by atoms with Crippen LogP contribution in [0.3, 0.4) is 0 Å². The second-order valence-electron chi connectivity index (χ2n) is 1.83. The van der Waals surface area contributed by atoms with Crippen LogP contribution in [0.4, 0.5) is 12.9 Å². The van der Waals surface area contributed by atoms with Crippen molar-refractivity contribution in [1.29, 1.82) is 0 Å². The highest BCUT2D eigenvalue weighted by Crippen LogP contribution is 1.80. The molecule has 0 radical (unpaired) electrons. The number of rotatable bonds is 2. The Morgan fingerprint density at radius 1 is 1.09 bits per heavy atom. The third kappa shape index (κ3) is 46.6. The fourth-order valence-corrected chi connectivity index (χ4v) is 0.351. The Hall–Kier alpha value is -0.805. The molecule has 11 heavy (non-hydrogen) atoms. The van der Waals surface area contributed by atoms with E-state index < -0.39 is 7.54 Å². The van der Waals surface area contributed by atoms with Gasteiger partial charge in [0.2, 0.25) is 0 Å². The summed E-state index contributed by atoms with van der Waals surface area (Å²) in [6.45, 7) is 2.81. The normalized spacial score (nSPS) is 7.73. The van der Waals surface area contributed by atoms with Crippen molar-refractivity contribution in [2.75, 3.05) is 0 Å². The molecule has 0 heterocycles. The first-order valence-corrected chi connectivity index (χ1v) is 2.77. The van der Waals surface area contributed by atoms with E-state index in [0.29, 0.717) is 0 Å². The van der Waals surface area contributed by atoms with Crippen LogP contribution < -0.4 is 0 Å². The first kappa shape index (κ1) is 12.8. The number of carbonyl (C=O) groups excluding carboxylic acids is 2. The largest absolute Gasteiger partial charge is 0.762 e. The van der Waals surface area contributed by atoms with Crippen LogP contribution in [0.25, 0.3) is 0 Å². The minimum Gasteiger partial charge on any atom is -0.300 e. The minimum atomic E-state index is -3.67. The number of halogens is 3. The molecule has 0 unspecified atom stereocenters. The smallest absolute Gasteiger partial charge is 0.300 e. The van der Waals surface area contributed by atoms with Crippen molar-refractivity contribution in [3.8, 4) is 0 Å². The molecule has 0 amide bonds. The highest BCUT2D eigenvalue weighted by molar-refractivity contribution is 6.33. The van der Waals surface area contributed by atoms with Gasteiger partial charge >= 0.3 is 7.54 Å². The summed E-state index contributed by atoms with van der Waals surface area (Å²) >= 11 is 0. The molecule has 2 nitrogen and oxygen atoms in total. The predicted molar refractivity (Wildman–Crippen MR) is 35.1 cm³/mol. The molecular formula is C5H8BF3O2. The van der Waals surface area contributed by atoms with Crippen molar-refractivity contribution >= 4 is 19.1 Å². The van der Waals surface area contributed by atoms with E-state index in [0.717, 1.165) is 0 Å². The second-order valence-corrected chi connectivity index (χ2v) is 1.83. The minimum absolute atomic E-state index is 0.0625. The van der Waals surface area contributed by atoms with Crippen LogP contribution >= 0.6 is 0 Å². The molecule has 0 aromatic carbocycles. The van der Waals surface area contributed by atoms with E-state index in [2.05, 4.69) is 0 Å². The quantitative estimate of drug-likeness (QED) is 0.461. The van der Waals surface area contributed by atoms with Gasteiger partial charge in [-0.05, 0) is 13.8 Å². The average molecular weight is 168 g/mol. The average Bonchev–Trinajstić information content (AvgIpc) is 1.56. The van der Waals surface area contributed by atoms with Gasteiger partial charge in [0, 0.05) is 0 Å². The highest BCUT2D eigenvalue weighted by atomic mass is 19.4. The zero-order valence-corrected chi connectivity index (χ0v) is 6.23. The maximum absolute atomic E-state index is 10.0. The number of hydrogen-bond donors (Lipinski definition) is 0. The summed E-state index contributed by atoms with van der Waals surface area (Å²) in [5.41, 5.74) is 0. The van der Waals surface area contributed by atoms with Crippen molar-refractivity contribution in [2.24, 2.45) is 0 Å². The number of ketones is 2. The molecule has 0 aliphatic carbocycles. The van der Waals surface area contributed by atoms with Crippen molar-refractivity contribution in [3.05, 3.63) is 0 Å². The van der Waals surface area contributed by atoms with Gasteiger partial charge in [-0.3, -0.25) is 22.5 Å². The van der Waals surface area contributed by atoms with Crippen molar-refractivity contribution < 1.29 is 22.5 Å². The van der Waals surface area contributed by atoms with E-state index in [1.165, 1.54) is 13.8 Å². The number of hydrogen-bond acceptors (Lipinski definition) is 2. The van der Waals surface area contributed by atoms with E-state index in [-0.39, 0.29) is 18.0 Å². The van der Waals surface area contributed by atoms with Gasteiger partial charge in [-0.1, -0.05) is 0 Å². The Kier molecular flexibility index (Phi) is 8.52. The molecule has 0 spiro atoms. The third-order valence-electron chi connectivity index (χ3n) is 0.498. The van der Waals surface area contributed by atoms with Gasteiger partial charge in [0.05, 0.1) is 6.42 Å². The van der Waals surface area contributed by atoms with Crippen molar-refractivity contribution in [1.82, 2.24) is 0 Å². The molecule has 0 aliphatic rings. The molecule has 0 N–H and O–H groups in total. The summed E-state index contributed by atoms with van der Waals surface area (Å²) in [6, 6.07) is 0. The van der Waals surface area contributed by atoms with E-state index in [1.807, 2.05) is 0 Å².